The van der Waals surface area contributed by atoms with Gasteiger partial charge in [-0.25, -0.2) is 15.0 Å². The van der Waals surface area contributed by atoms with Crippen LogP contribution in [0.5, 0.6) is 0 Å². The molecule has 4 heterocycles. The molecule has 0 aliphatic carbocycles. The van der Waals surface area contributed by atoms with Crippen LogP contribution in [0, 0.1) is 0 Å². The summed E-state index contributed by atoms with van der Waals surface area (Å²) in [5.41, 5.74) is 27.1. The number of nitrogens with two attached hydrogens (primary N) is 3. The Kier molecular flexibility index (Phi) is 32.4. The molecule has 0 aliphatic heterocycles. The number of nitrogen functional groups attached to an aromatic ring is 2. The van der Waals surface area contributed by atoms with Gasteiger partial charge in [0.25, 0.3) is 11.8 Å². The molecule has 11 N–H and O–H groups in total. The molecule has 0 atom stereocenters. The maximum atomic E-state index is 12.4. The first-order chi connectivity index (χ1) is 39.3. The van der Waals surface area contributed by atoms with E-state index in [1.54, 1.807) is 28.7 Å². The summed E-state index contributed by atoms with van der Waals surface area (Å²) in [4.78, 5) is 43.0. The van der Waals surface area contributed by atoms with Gasteiger partial charge in [-0.3, -0.25) is 19.0 Å². The molecule has 0 aliphatic rings. The van der Waals surface area contributed by atoms with Gasteiger partial charge in [0, 0.05) is 60.7 Å². The van der Waals surface area contributed by atoms with Crippen LogP contribution < -0.4 is 33.2 Å². The smallest absolute Gasteiger partial charge is 0.251 e. The molecule has 0 saturated carbocycles. The number of hydrogen-bond acceptors (Lipinski definition) is 12. The Morgan fingerprint density at radius 2 is 1.01 bits per heavy atom. The lowest BCUT2D eigenvalue weighted by Gasteiger charge is -2.06. The van der Waals surface area contributed by atoms with Crippen LogP contribution in [-0.4, -0.2) is 87.7 Å². The molecular formula is C62H97N17O2. The molecular weight excluding hydrogens is 1010 g/mol. The minimum atomic E-state index is -0.0514. The number of allylic oxidation sites excluding steroid dienone is 2. The topological polar surface area (TPSA) is 279 Å². The van der Waals surface area contributed by atoms with E-state index < -0.39 is 0 Å². The summed E-state index contributed by atoms with van der Waals surface area (Å²) in [5.74, 6) is 1.45. The van der Waals surface area contributed by atoms with Gasteiger partial charge in [-0.2, -0.15) is 0 Å². The third kappa shape index (κ3) is 29.5. The Morgan fingerprint density at radius 3 is 1.46 bits per heavy atom. The van der Waals surface area contributed by atoms with Gasteiger partial charge in [-0.15, -0.1) is 10.2 Å². The average molecular weight is 1110 g/mol. The molecule has 19 nitrogen and oxygen atoms in total. The van der Waals surface area contributed by atoms with Crippen LogP contribution in [0.1, 0.15) is 198 Å². The number of imidazole rings is 2. The molecule has 0 bridgehead atoms. The molecule has 6 rings (SSSR count). The molecule has 0 saturated heterocycles. The van der Waals surface area contributed by atoms with Crippen molar-refractivity contribution < 1.29 is 9.59 Å². The Bertz CT molecular complexity index is 2710. The molecule has 442 valence electrons. The van der Waals surface area contributed by atoms with Crippen molar-refractivity contribution in [1.29, 1.82) is 0 Å². The summed E-state index contributed by atoms with van der Waals surface area (Å²) in [6.07, 6.45) is 36.3. The fourth-order valence-electron chi connectivity index (χ4n) is 9.01. The lowest BCUT2D eigenvalue weighted by Crippen LogP contribution is -2.27. The van der Waals surface area contributed by atoms with Crippen molar-refractivity contribution in [1.82, 2.24) is 65.9 Å². The van der Waals surface area contributed by atoms with E-state index in [4.69, 9.17) is 17.2 Å². The lowest BCUT2D eigenvalue weighted by molar-refractivity contribution is 0.0943. The van der Waals surface area contributed by atoms with E-state index >= 15 is 0 Å². The van der Waals surface area contributed by atoms with E-state index in [9.17, 15) is 9.59 Å². The van der Waals surface area contributed by atoms with Crippen molar-refractivity contribution in [3.05, 3.63) is 142 Å². The zero-order valence-corrected chi connectivity index (χ0v) is 49.6. The number of aromatic nitrogens is 10. The molecule has 6 aromatic rings. The second-order valence-electron chi connectivity index (χ2n) is 21.0. The number of aromatic amines is 2. The summed E-state index contributed by atoms with van der Waals surface area (Å²) >= 11 is 0. The van der Waals surface area contributed by atoms with Crippen LogP contribution in [0.4, 0.5) is 11.9 Å². The first-order valence-corrected chi connectivity index (χ1v) is 29.8. The number of amidine groups is 1. The van der Waals surface area contributed by atoms with E-state index in [2.05, 4.69) is 119 Å². The Hall–Kier alpha value is -7.57. The van der Waals surface area contributed by atoms with Crippen molar-refractivity contribution in [3.63, 3.8) is 0 Å². The molecule has 81 heavy (non-hydrogen) atoms. The monoisotopic (exact) mass is 1110 g/mol. The molecule has 0 unspecified atom stereocenters. The van der Waals surface area contributed by atoms with Crippen molar-refractivity contribution in [2.75, 3.05) is 31.6 Å². The number of H-pyrrole nitrogens is 2. The maximum Gasteiger partial charge on any atom is 0.251 e. The predicted molar refractivity (Wildman–Crippen MR) is 330 cm³/mol. The van der Waals surface area contributed by atoms with E-state index in [-0.39, 0.29) is 11.8 Å². The quantitative estimate of drug-likeness (QED) is 0.0103. The van der Waals surface area contributed by atoms with Gasteiger partial charge in [0.2, 0.25) is 0 Å². The van der Waals surface area contributed by atoms with E-state index in [1.807, 2.05) is 43.7 Å². The van der Waals surface area contributed by atoms with Gasteiger partial charge < -0.3 is 43.1 Å². The predicted octanol–water partition coefficient (Wildman–Crippen LogP) is 10.7. The Balaban J connectivity index is 0.000000278. The fourth-order valence-corrected chi connectivity index (χ4v) is 9.01. The van der Waals surface area contributed by atoms with Crippen LogP contribution in [0.3, 0.4) is 0 Å². The second kappa shape index (κ2) is 39.7. The first kappa shape index (κ1) is 65.9. The summed E-state index contributed by atoms with van der Waals surface area (Å²) in [5, 5.41) is 25.8. The van der Waals surface area contributed by atoms with Crippen LogP contribution in [-0.2, 0) is 51.6 Å². The average Bonchev–Trinajstić information content (AvgIpc) is 4.31. The summed E-state index contributed by atoms with van der Waals surface area (Å²) in [6.45, 7) is 14.5. The zero-order valence-electron chi connectivity index (χ0n) is 49.6. The van der Waals surface area contributed by atoms with Crippen LogP contribution in [0.15, 0.2) is 102 Å². The number of unbranched alkanes of at least 4 members (excludes halogenated alkanes) is 11. The van der Waals surface area contributed by atoms with Gasteiger partial charge >= 0.3 is 0 Å². The standard InChI is InChI=1S/C25H37N7O.C24H35N7O.C13H25N3/c1-2-3-4-6-9-20-12-14-21(15-13-20)24(33)27-16-17-32-19-23(30-31-32)11-8-5-7-10-22-18-28-25(26)29-22;1-2-3-5-8-19-11-13-20(14-12-19)23(32)26-15-16-31-18-22(29-30-31)10-7-4-6-9-21-17-27-24(25)28-21;1-11(10-15-4)8-6-5-7-9-12(2)16-13(3)14/h12-15,18-19H,2-11,16-17H2,1H3,(H,27,33)(H3,26,28,29);11-14,17-18H,2-10,15-16H2,1H3,(H,26,32)(H3,25,27,28);10,15H,2,5-9H2,1,3-4H3,(H2,14,16)/b;;11-10+. The number of carbonyl (C=O) groups is 2. The third-order valence-electron chi connectivity index (χ3n) is 13.6. The minimum Gasteiger partial charge on any atom is -0.394 e. The van der Waals surface area contributed by atoms with Crippen molar-refractivity contribution in [3.8, 4) is 0 Å². The van der Waals surface area contributed by atoms with E-state index in [0.29, 0.717) is 55.0 Å². The molecule has 2 aromatic carbocycles. The normalized spacial score (nSPS) is 11.4. The van der Waals surface area contributed by atoms with Crippen molar-refractivity contribution in [2.24, 2.45) is 10.7 Å². The van der Waals surface area contributed by atoms with Crippen LogP contribution in [0.25, 0.3) is 0 Å². The first-order valence-electron chi connectivity index (χ1n) is 29.8. The highest BCUT2D eigenvalue weighted by molar-refractivity contribution is 5.94. The maximum absolute atomic E-state index is 12.4. The second-order valence-corrected chi connectivity index (χ2v) is 21.0. The number of nitrogens with zero attached hydrogens (tertiary/aromatic N) is 9. The van der Waals surface area contributed by atoms with Gasteiger partial charge in [0.1, 0.15) is 0 Å². The highest BCUT2D eigenvalue weighted by Crippen LogP contribution is 2.15. The molecule has 0 radical (unpaired) electrons. The highest BCUT2D eigenvalue weighted by Gasteiger charge is 2.09. The zero-order chi connectivity index (χ0) is 58.3. The molecule has 19 heteroatoms. The summed E-state index contributed by atoms with van der Waals surface area (Å²) in [6, 6.07) is 15.9. The number of amides is 2. The van der Waals surface area contributed by atoms with Crippen molar-refractivity contribution in [2.45, 2.75) is 195 Å². The fraction of sp³-hybridized carbons (Fsp3) is 0.532. The van der Waals surface area contributed by atoms with E-state index in [1.165, 1.54) is 74.5 Å². The van der Waals surface area contributed by atoms with Gasteiger partial charge in [-0.05, 0) is 158 Å². The number of nitrogens with one attached hydrogen (secondary N) is 5. The van der Waals surface area contributed by atoms with Gasteiger partial charge in [0.05, 0.1) is 42.7 Å². The molecule has 0 spiro atoms. The van der Waals surface area contributed by atoms with E-state index in [0.717, 1.165) is 125 Å². The Morgan fingerprint density at radius 1 is 0.593 bits per heavy atom. The number of benzene rings is 2. The number of aryl methyl sites for hydroxylation is 6. The van der Waals surface area contributed by atoms with Gasteiger partial charge in [0.15, 0.2) is 11.9 Å². The van der Waals surface area contributed by atoms with Crippen LogP contribution >= 0.6 is 0 Å². The summed E-state index contributed by atoms with van der Waals surface area (Å²) < 4.78 is 3.59. The molecule has 0 fully saturated rings. The van der Waals surface area contributed by atoms with Gasteiger partial charge in [-0.1, -0.05) is 112 Å². The lowest BCUT2D eigenvalue weighted by atomic mass is 10.0. The van der Waals surface area contributed by atoms with Crippen molar-refractivity contribution >= 4 is 29.5 Å². The van der Waals surface area contributed by atoms with Crippen LogP contribution in [0.2, 0.25) is 0 Å². The number of rotatable bonds is 37. The Labute approximate surface area is 482 Å². The number of anilines is 2. The molecule has 2 amide bonds. The number of hydrogen-bond donors (Lipinski definition) is 8. The number of carbonyl (C=O) groups excluding carboxylic acids is 2. The summed E-state index contributed by atoms with van der Waals surface area (Å²) in [7, 11) is 1.93. The minimum absolute atomic E-state index is 0.0492. The largest absolute Gasteiger partial charge is 0.394 e. The SMILES string of the molecule is C=C(CCCCC/C(C)=C/NC)N=C(C)N.CCCCCCc1ccc(C(=O)NCCn2cc(CCCCCc3cnc(N)[nH]3)nn2)cc1.CCCCCc1ccc(C(=O)NCCn2cc(CCCCCc3cnc(N)[nH]3)nn2)cc1. The number of aliphatic imine (C=N–C) groups is 1. The third-order valence-corrected chi connectivity index (χ3v) is 13.6. The highest BCUT2D eigenvalue weighted by atomic mass is 16.2. The molecule has 4 aromatic heterocycles.